The predicted octanol–water partition coefficient (Wildman–Crippen LogP) is 3.74. The third kappa shape index (κ3) is 3.48. The Morgan fingerprint density at radius 3 is 2.20 bits per heavy atom. The fraction of sp³-hybridized carbons (Fsp3) is 1.00. The van der Waals surface area contributed by atoms with Crippen molar-refractivity contribution in [1.29, 1.82) is 0 Å². The largest absolute Gasteiger partial charge is 0.314 e. The SMILES string of the molecule is CC1(C)CCC(NCC2CCCC2)CC1. The molecule has 1 N–H and O–H groups in total. The van der Waals surface area contributed by atoms with Crippen LogP contribution in [0.3, 0.4) is 0 Å². The lowest BCUT2D eigenvalue weighted by Gasteiger charge is -2.35. The summed E-state index contributed by atoms with van der Waals surface area (Å²) in [5.74, 6) is 1.000. The van der Waals surface area contributed by atoms with Crippen molar-refractivity contribution in [3.8, 4) is 0 Å². The van der Waals surface area contributed by atoms with E-state index >= 15 is 0 Å². The third-order valence-corrected chi connectivity index (χ3v) is 4.51. The Morgan fingerprint density at radius 2 is 1.60 bits per heavy atom. The molecule has 0 amide bonds. The maximum Gasteiger partial charge on any atom is 0.00675 e. The van der Waals surface area contributed by atoms with E-state index in [-0.39, 0.29) is 0 Å². The van der Waals surface area contributed by atoms with Crippen LogP contribution in [0.2, 0.25) is 0 Å². The van der Waals surface area contributed by atoms with Gasteiger partial charge in [-0.1, -0.05) is 26.7 Å². The number of hydrogen-bond donors (Lipinski definition) is 1. The number of hydrogen-bond acceptors (Lipinski definition) is 1. The molecule has 0 aromatic rings. The van der Waals surface area contributed by atoms with Gasteiger partial charge < -0.3 is 5.32 Å². The summed E-state index contributed by atoms with van der Waals surface area (Å²) >= 11 is 0. The summed E-state index contributed by atoms with van der Waals surface area (Å²) in [6.45, 7) is 6.13. The lowest BCUT2D eigenvalue weighted by Crippen LogP contribution is -2.37. The highest BCUT2D eigenvalue weighted by atomic mass is 14.9. The van der Waals surface area contributed by atoms with Crippen molar-refractivity contribution in [2.45, 2.75) is 71.3 Å². The summed E-state index contributed by atoms with van der Waals surface area (Å²) in [6, 6.07) is 0.832. The smallest absolute Gasteiger partial charge is 0.00675 e. The summed E-state index contributed by atoms with van der Waals surface area (Å²) in [5, 5.41) is 3.80. The van der Waals surface area contributed by atoms with Gasteiger partial charge in [0.15, 0.2) is 0 Å². The zero-order valence-corrected chi connectivity index (χ0v) is 10.5. The highest BCUT2D eigenvalue weighted by molar-refractivity contribution is 4.83. The van der Waals surface area contributed by atoms with Crippen molar-refractivity contribution in [2.24, 2.45) is 11.3 Å². The second-order valence-corrected chi connectivity index (χ2v) is 6.50. The number of nitrogens with one attached hydrogen (secondary N) is 1. The monoisotopic (exact) mass is 209 g/mol. The molecule has 0 heterocycles. The molecule has 0 radical (unpaired) electrons. The molecule has 15 heavy (non-hydrogen) atoms. The van der Waals surface area contributed by atoms with Crippen molar-refractivity contribution < 1.29 is 0 Å². The lowest BCUT2D eigenvalue weighted by molar-refractivity contribution is 0.203. The summed E-state index contributed by atoms with van der Waals surface area (Å²) < 4.78 is 0. The third-order valence-electron chi connectivity index (χ3n) is 4.51. The van der Waals surface area contributed by atoms with Crippen LogP contribution in [0.15, 0.2) is 0 Å². The second kappa shape index (κ2) is 4.86. The molecule has 0 bridgehead atoms. The standard InChI is InChI=1S/C14H27N/c1-14(2)9-7-13(8-10-14)15-11-12-5-3-4-6-12/h12-13,15H,3-11H2,1-2H3. The maximum absolute atomic E-state index is 3.80. The normalized spacial score (nSPS) is 28.4. The molecule has 0 aliphatic heterocycles. The van der Waals surface area contributed by atoms with Gasteiger partial charge in [0.05, 0.1) is 0 Å². The molecule has 2 fully saturated rings. The minimum atomic E-state index is 0.617. The molecule has 0 atom stereocenters. The first-order chi connectivity index (χ1) is 7.16. The molecule has 1 nitrogen and oxygen atoms in total. The Labute approximate surface area is 95.0 Å². The number of rotatable bonds is 3. The van der Waals surface area contributed by atoms with Gasteiger partial charge in [0.1, 0.15) is 0 Å². The van der Waals surface area contributed by atoms with Crippen LogP contribution in [0.4, 0.5) is 0 Å². The Balaban J connectivity index is 1.64. The average Bonchev–Trinajstić information content (AvgIpc) is 2.69. The quantitative estimate of drug-likeness (QED) is 0.746. The molecule has 0 aromatic carbocycles. The molecule has 88 valence electrons. The first kappa shape index (κ1) is 11.4. The molecule has 0 aromatic heterocycles. The van der Waals surface area contributed by atoms with Gasteiger partial charge >= 0.3 is 0 Å². The highest BCUT2D eigenvalue weighted by Gasteiger charge is 2.27. The van der Waals surface area contributed by atoms with Crippen LogP contribution in [0.1, 0.15) is 65.2 Å². The van der Waals surface area contributed by atoms with Gasteiger partial charge in [-0.25, -0.2) is 0 Å². The molecule has 2 saturated carbocycles. The van der Waals surface area contributed by atoms with E-state index in [1.165, 1.54) is 57.9 Å². The molecule has 0 saturated heterocycles. The van der Waals surface area contributed by atoms with Crippen molar-refractivity contribution in [3.05, 3.63) is 0 Å². The molecular weight excluding hydrogens is 182 g/mol. The van der Waals surface area contributed by atoms with Gasteiger partial charge in [-0.15, -0.1) is 0 Å². The van der Waals surface area contributed by atoms with Crippen LogP contribution in [-0.4, -0.2) is 12.6 Å². The second-order valence-electron chi connectivity index (χ2n) is 6.50. The van der Waals surface area contributed by atoms with Crippen LogP contribution in [-0.2, 0) is 0 Å². The van der Waals surface area contributed by atoms with E-state index < -0.39 is 0 Å². The highest BCUT2D eigenvalue weighted by Crippen LogP contribution is 2.35. The van der Waals surface area contributed by atoms with Crippen molar-refractivity contribution in [2.75, 3.05) is 6.54 Å². The molecule has 2 aliphatic carbocycles. The summed E-state index contributed by atoms with van der Waals surface area (Å²) in [4.78, 5) is 0. The Hall–Kier alpha value is -0.0400. The van der Waals surface area contributed by atoms with Crippen LogP contribution < -0.4 is 5.32 Å². The van der Waals surface area contributed by atoms with E-state index in [1.807, 2.05) is 0 Å². The average molecular weight is 209 g/mol. The zero-order valence-electron chi connectivity index (χ0n) is 10.5. The fourth-order valence-corrected chi connectivity index (χ4v) is 3.15. The van der Waals surface area contributed by atoms with E-state index in [0.29, 0.717) is 5.41 Å². The molecule has 2 rings (SSSR count). The van der Waals surface area contributed by atoms with Gasteiger partial charge in [-0.2, -0.15) is 0 Å². The molecular formula is C14H27N. The molecule has 0 spiro atoms. The van der Waals surface area contributed by atoms with Gasteiger partial charge in [0.25, 0.3) is 0 Å². The Bertz CT molecular complexity index is 182. The van der Waals surface area contributed by atoms with E-state index in [0.717, 1.165) is 12.0 Å². The topological polar surface area (TPSA) is 12.0 Å². The van der Waals surface area contributed by atoms with Gasteiger partial charge in [-0.3, -0.25) is 0 Å². The van der Waals surface area contributed by atoms with Gasteiger partial charge in [0, 0.05) is 6.04 Å². The summed E-state index contributed by atoms with van der Waals surface area (Å²) in [6.07, 6.45) is 11.5. The summed E-state index contributed by atoms with van der Waals surface area (Å²) in [7, 11) is 0. The van der Waals surface area contributed by atoms with Crippen molar-refractivity contribution in [1.82, 2.24) is 5.32 Å². The Morgan fingerprint density at radius 1 is 1.00 bits per heavy atom. The lowest BCUT2D eigenvalue weighted by atomic mass is 9.75. The van der Waals surface area contributed by atoms with Crippen LogP contribution in [0, 0.1) is 11.3 Å². The first-order valence-electron chi connectivity index (χ1n) is 6.89. The maximum atomic E-state index is 3.80. The van der Waals surface area contributed by atoms with Crippen molar-refractivity contribution in [3.63, 3.8) is 0 Å². The van der Waals surface area contributed by atoms with Crippen LogP contribution in [0.5, 0.6) is 0 Å². The minimum Gasteiger partial charge on any atom is -0.314 e. The van der Waals surface area contributed by atoms with Gasteiger partial charge in [-0.05, 0) is 56.4 Å². The van der Waals surface area contributed by atoms with E-state index in [1.54, 1.807) is 0 Å². The summed E-state index contributed by atoms with van der Waals surface area (Å²) in [5.41, 5.74) is 0.617. The zero-order chi connectivity index (χ0) is 10.7. The van der Waals surface area contributed by atoms with Gasteiger partial charge in [0.2, 0.25) is 0 Å². The molecule has 0 unspecified atom stereocenters. The van der Waals surface area contributed by atoms with Crippen molar-refractivity contribution >= 4 is 0 Å². The Kier molecular flexibility index (Phi) is 3.71. The van der Waals surface area contributed by atoms with Crippen LogP contribution in [0.25, 0.3) is 0 Å². The predicted molar refractivity (Wildman–Crippen MR) is 66.0 cm³/mol. The molecule has 1 heteroatoms. The fourth-order valence-electron chi connectivity index (χ4n) is 3.15. The van der Waals surface area contributed by atoms with E-state index in [4.69, 9.17) is 0 Å². The van der Waals surface area contributed by atoms with Crippen LogP contribution >= 0.6 is 0 Å². The molecule has 2 aliphatic rings. The van der Waals surface area contributed by atoms with E-state index in [2.05, 4.69) is 19.2 Å². The van der Waals surface area contributed by atoms with E-state index in [9.17, 15) is 0 Å². The minimum absolute atomic E-state index is 0.617. The first-order valence-corrected chi connectivity index (χ1v) is 6.89.